The number of aromatic nitrogens is 2. The highest BCUT2D eigenvalue weighted by atomic mass is 16.4. The van der Waals surface area contributed by atoms with E-state index >= 15 is 0 Å². The van der Waals surface area contributed by atoms with Gasteiger partial charge in [0, 0.05) is 24.4 Å². The smallest absolute Gasteiger partial charge is 0.326 e. The van der Waals surface area contributed by atoms with E-state index in [0.29, 0.717) is 23.4 Å². The fourth-order valence-electron chi connectivity index (χ4n) is 3.55. The van der Waals surface area contributed by atoms with Crippen LogP contribution in [-0.2, 0) is 22.4 Å². The monoisotopic (exact) mass is 428 g/mol. The van der Waals surface area contributed by atoms with Crippen molar-refractivity contribution in [3.05, 3.63) is 57.6 Å². The molecule has 5 N–H and O–H groups in total. The van der Waals surface area contributed by atoms with Gasteiger partial charge in [-0.15, -0.1) is 0 Å². The second-order valence-corrected chi connectivity index (χ2v) is 7.49. The minimum absolute atomic E-state index is 0.109. The molecular formula is C21H24N4O6. The van der Waals surface area contributed by atoms with E-state index in [4.69, 9.17) is 10.2 Å². The van der Waals surface area contributed by atoms with Crippen molar-refractivity contribution >= 4 is 23.7 Å². The van der Waals surface area contributed by atoms with E-state index in [1.807, 2.05) is 12.1 Å². The first-order chi connectivity index (χ1) is 14.8. The molecule has 0 radical (unpaired) electrons. The lowest BCUT2D eigenvalue weighted by molar-refractivity contribution is -0.140. The number of carbonyl (C=O) groups excluding carboxylic acids is 1. The topological polar surface area (TPSA) is 161 Å². The lowest BCUT2D eigenvalue weighted by Gasteiger charge is -2.14. The fourth-order valence-corrected chi connectivity index (χ4v) is 3.55. The Morgan fingerprint density at radius 3 is 2.58 bits per heavy atom. The number of amides is 1. The van der Waals surface area contributed by atoms with Gasteiger partial charge in [-0.25, -0.2) is 9.78 Å². The van der Waals surface area contributed by atoms with Gasteiger partial charge < -0.3 is 25.8 Å². The quantitative estimate of drug-likeness (QED) is 0.377. The zero-order valence-electron chi connectivity index (χ0n) is 16.8. The Kier molecular flexibility index (Phi) is 7.01. The van der Waals surface area contributed by atoms with Crippen LogP contribution in [0.4, 0.5) is 5.82 Å². The van der Waals surface area contributed by atoms with Crippen LogP contribution in [-0.4, -0.2) is 50.1 Å². The highest BCUT2D eigenvalue weighted by molar-refractivity contribution is 5.96. The van der Waals surface area contributed by atoms with E-state index in [9.17, 15) is 19.2 Å². The molecule has 0 saturated carbocycles. The third-order valence-corrected chi connectivity index (χ3v) is 5.23. The summed E-state index contributed by atoms with van der Waals surface area (Å²) in [5.74, 6) is -2.31. The van der Waals surface area contributed by atoms with Gasteiger partial charge in [-0.3, -0.25) is 14.4 Å². The first-order valence-corrected chi connectivity index (χ1v) is 10.0. The number of carboxylic acid groups (broad SMARTS) is 2. The number of rotatable bonds is 10. The summed E-state index contributed by atoms with van der Waals surface area (Å²) in [5.41, 5.74) is 1.92. The van der Waals surface area contributed by atoms with Gasteiger partial charge in [0.25, 0.3) is 11.5 Å². The van der Waals surface area contributed by atoms with Crippen molar-refractivity contribution in [1.29, 1.82) is 0 Å². The summed E-state index contributed by atoms with van der Waals surface area (Å²) in [5, 5.41) is 23.5. The van der Waals surface area contributed by atoms with Gasteiger partial charge >= 0.3 is 11.9 Å². The number of aliphatic carboxylic acids is 2. The number of H-pyrrole nitrogens is 1. The number of hydrogen-bond donors (Lipinski definition) is 5. The molecular weight excluding hydrogens is 404 g/mol. The Morgan fingerprint density at radius 2 is 1.94 bits per heavy atom. The van der Waals surface area contributed by atoms with Crippen molar-refractivity contribution in [2.24, 2.45) is 0 Å². The summed E-state index contributed by atoms with van der Waals surface area (Å²) in [6.07, 6.45) is 4.03. The van der Waals surface area contributed by atoms with Crippen LogP contribution in [0.2, 0.25) is 0 Å². The maximum Gasteiger partial charge on any atom is 0.326 e. The lowest BCUT2D eigenvalue weighted by Crippen LogP contribution is -2.41. The Morgan fingerprint density at radius 1 is 1.19 bits per heavy atom. The molecule has 2 heterocycles. The van der Waals surface area contributed by atoms with Gasteiger partial charge in [0.05, 0.1) is 11.9 Å². The Balaban J connectivity index is 1.47. The molecule has 0 bridgehead atoms. The van der Waals surface area contributed by atoms with Gasteiger partial charge in [-0.2, -0.15) is 0 Å². The van der Waals surface area contributed by atoms with E-state index in [2.05, 4.69) is 20.6 Å². The summed E-state index contributed by atoms with van der Waals surface area (Å²) in [7, 11) is 0. The van der Waals surface area contributed by atoms with E-state index in [-0.39, 0.29) is 24.4 Å². The highest BCUT2D eigenvalue weighted by Gasteiger charge is 2.24. The Hall–Kier alpha value is -3.69. The number of anilines is 1. The van der Waals surface area contributed by atoms with Crippen LogP contribution in [0.3, 0.4) is 0 Å². The largest absolute Gasteiger partial charge is 0.481 e. The molecule has 31 heavy (non-hydrogen) atoms. The van der Waals surface area contributed by atoms with Gasteiger partial charge in [-0.1, -0.05) is 12.1 Å². The molecule has 1 amide bonds. The number of carboxylic acids is 2. The second kappa shape index (κ2) is 9.88. The zero-order chi connectivity index (χ0) is 22.4. The third kappa shape index (κ3) is 5.91. The van der Waals surface area contributed by atoms with Crippen LogP contribution in [0.5, 0.6) is 0 Å². The summed E-state index contributed by atoms with van der Waals surface area (Å²) in [6, 6.07) is 5.76. The maximum atomic E-state index is 12.3. The van der Waals surface area contributed by atoms with E-state index in [1.54, 1.807) is 12.1 Å². The number of fused-ring (bicyclic) bond motifs is 1. The number of benzene rings is 1. The van der Waals surface area contributed by atoms with Gasteiger partial charge in [0.15, 0.2) is 0 Å². The van der Waals surface area contributed by atoms with E-state index in [0.717, 1.165) is 24.8 Å². The summed E-state index contributed by atoms with van der Waals surface area (Å²) in [6.45, 7) is 0. The van der Waals surface area contributed by atoms with Crippen molar-refractivity contribution in [3.63, 3.8) is 0 Å². The number of nitrogens with one attached hydrogen (secondary N) is 3. The molecule has 1 aliphatic rings. The minimum Gasteiger partial charge on any atom is -0.481 e. The van der Waals surface area contributed by atoms with Gasteiger partial charge in [0.2, 0.25) is 0 Å². The third-order valence-electron chi connectivity index (χ3n) is 5.23. The average Bonchev–Trinajstić information content (AvgIpc) is 3.15. The number of nitrogens with zero attached hydrogens (tertiary/aromatic N) is 1. The van der Waals surface area contributed by atoms with Crippen LogP contribution in [0, 0.1) is 0 Å². The highest BCUT2D eigenvalue weighted by Crippen LogP contribution is 2.22. The molecule has 1 aliphatic heterocycles. The standard InChI is InChI=1S/C21H24N4O6/c26-17(27)9-8-16(21(30)31)25-19(28)13-6-4-12(5-7-13)2-1-3-14-10-15-18(24-14)22-11-23-20(15)29/h4-7,11,14,16H,1-3,8-10H2,(H,25,28)(H,26,27)(H,30,31)(H2,22,23,24,29)/t14?,16-/m0/s1. The number of hydrogen-bond acceptors (Lipinski definition) is 6. The van der Waals surface area contributed by atoms with E-state index in [1.165, 1.54) is 6.33 Å². The van der Waals surface area contributed by atoms with Crippen LogP contribution < -0.4 is 16.2 Å². The molecule has 10 heteroatoms. The molecule has 0 fully saturated rings. The van der Waals surface area contributed by atoms with Crippen LogP contribution in [0.1, 0.15) is 47.2 Å². The number of aromatic amines is 1. The summed E-state index contributed by atoms with van der Waals surface area (Å²) >= 11 is 0. The molecule has 1 unspecified atom stereocenters. The van der Waals surface area contributed by atoms with Crippen molar-refractivity contribution in [2.45, 2.75) is 50.6 Å². The van der Waals surface area contributed by atoms with E-state index < -0.39 is 23.9 Å². The summed E-state index contributed by atoms with van der Waals surface area (Å²) < 4.78 is 0. The van der Waals surface area contributed by atoms with Crippen LogP contribution in [0.25, 0.3) is 0 Å². The molecule has 1 aromatic carbocycles. The predicted octanol–water partition coefficient (Wildman–Crippen LogP) is 1.18. The Labute approximate surface area is 177 Å². The fraction of sp³-hybridized carbons (Fsp3) is 0.381. The molecule has 0 aliphatic carbocycles. The molecule has 0 saturated heterocycles. The molecule has 2 atom stereocenters. The average molecular weight is 428 g/mol. The zero-order valence-corrected chi connectivity index (χ0v) is 16.8. The van der Waals surface area contributed by atoms with Gasteiger partial charge in [-0.05, 0) is 43.4 Å². The molecule has 10 nitrogen and oxygen atoms in total. The lowest BCUT2D eigenvalue weighted by atomic mass is 10.0. The first kappa shape index (κ1) is 22.0. The molecule has 164 valence electrons. The summed E-state index contributed by atoms with van der Waals surface area (Å²) in [4.78, 5) is 52.6. The maximum absolute atomic E-state index is 12.3. The first-order valence-electron chi connectivity index (χ1n) is 10.0. The van der Waals surface area contributed by atoms with Crippen molar-refractivity contribution < 1.29 is 24.6 Å². The predicted molar refractivity (Wildman–Crippen MR) is 111 cm³/mol. The van der Waals surface area contributed by atoms with Gasteiger partial charge in [0.1, 0.15) is 11.9 Å². The second-order valence-electron chi connectivity index (χ2n) is 7.49. The molecule has 1 aromatic heterocycles. The number of carbonyl (C=O) groups is 3. The minimum atomic E-state index is -1.27. The number of aryl methyl sites for hydroxylation is 1. The normalized spacial score (nSPS) is 15.5. The SMILES string of the molecule is O=C(O)CC[C@H](NC(=O)c1ccc(CCCC2Cc3c(nc[nH]c3=O)N2)cc1)C(=O)O. The van der Waals surface area contributed by atoms with Crippen molar-refractivity contribution in [1.82, 2.24) is 15.3 Å². The van der Waals surface area contributed by atoms with Crippen molar-refractivity contribution in [2.75, 3.05) is 5.32 Å². The molecule has 0 spiro atoms. The Bertz CT molecular complexity index is 1020. The molecule has 3 rings (SSSR count). The van der Waals surface area contributed by atoms with Crippen molar-refractivity contribution in [3.8, 4) is 0 Å². The van der Waals surface area contributed by atoms with Crippen LogP contribution in [0.15, 0.2) is 35.4 Å². The molecule has 2 aromatic rings. The van der Waals surface area contributed by atoms with Crippen LogP contribution >= 0.6 is 0 Å².